The number of ketones is 1. The van der Waals surface area contributed by atoms with Gasteiger partial charge in [0.05, 0.1) is 17.4 Å². The fourth-order valence-electron chi connectivity index (χ4n) is 2.27. The van der Waals surface area contributed by atoms with Gasteiger partial charge >= 0.3 is 0 Å². The monoisotopic (exact) mass is 259 g/mol. The molecule has 4 nitrogen and oxygen atoms in total. The van der Waals surface area contributed by atoms with Crippen LogP contribution in [0.15, 0.2) is 24.5 Å². The molecule has 0 aliphatic heterocycles. The number of fused-ring (bicyclic) bond motifs is 1. The largest absolute Gasteiger partial charge is 0.334 e. The molecule has 0 fully saturated rings. The maximum atomic E-state index is 10.9. The van der Waals surface area contributed by atoms with Crippen LogP contribution in [0.25, 0.3) is 11.0 Å². The van der Waals surface area contributed by atoms with E-state index in [0.29, 0.717) is 6.42 Å². The van der Waals surface area contributed by atoms with Crippen molar-refractivity contribution < 1.29 is 4.79 Å². The molecule has 102 valence electrons. The lowest BCUT2D eigenvalue weighted by Gasteiger charge is -2.16. The van der Waals surface area contributed by atoms with Crippen molar-refractivity contribution in [3.8, 4) is 0 Å². The molecule has 0 radical (unpaired) electrons. The number of aromatic nitrogens is 2. The van der Waals surface area contributed by atoms with E-state index in [9.17, 15) is 4.79 Å². The van der Waals surface area contributed by atoms with Crippen molar-refractivity contribution in [3.63, 3.8) is 0 Å². The van der Waals surface area contributed by atoms with Crippen molar-refractivity contribution in [3.05, 3.63) is 30.1 Å². The van der Waals surface area contributed by atoms with Crippen LogP contribution in [0, 0.1) is 0 Å². The summed E-state index contributed by atoms with van der Waals surface area (Å²) in [6.45, 7) is 3.49. The summed E-state index contributed by atoms with van der Waals surface area (Å²) >= 11 is 0. The van der Waals surface area contributed by atoms with Crippen molar-refractivity contribution >= 4 is 16.8 Å². The minimum absolute atomic E-state index is 0.267. The third-order valence-electron chi connectivity index (χ3n) is 3.31. The topological polar surface area (TPSA) is 38.1 Å². The van der Waals surface area contributed by atoms with Crippen molar-refractivity contribution in [1.82, 2.24) is 14.5 Å². The van der Waals surface area contributed by atoms with Crippen LogP contribution in [0.5, 0.6) is 0 Å². The fourth-order valence-corrected chi connectivity index (χ4v) is 2.27. The SMILES string of the molecule is CC(=O)CCCN(C)Cc1ccc2c(c1)ncn2C. The van der Waals surface area contributed by atoms with Gasteiger partial charge < -0.3 is 14.3 Å². The Balaban J connectivity index is 1.95. The second-order valence-electron chi connectivity index (χ2n) is 5.22. The molecule has 0 atom stereocenters. The van der Waals surface area contributed by atoms with Crippen LogP contribution in [0.1, 0.15) is 25.3 Å². The number of hydrogen-bond acceptors (Lipinski definition) is 3. The predicted octanol–water partition coefficient (Wildman–Crippen LogP) is 2.37. The lowest BCUT2D eigenvalue weighted by molar-refractivity contribution is -0.117. The molecule has 2 aromatic rings. The van der Waals surface area contributed by atoms with Crippen LogP contribution < -0.4 is 0 Å². The fraction of sp³-hybridized carbons (Fsp3) is 0.467. The Morgan fingerprint density at radius 2 is 2.21 bits per heavy atom. The van der Waals surface area contributed by atoms with Gasteiger partial charge in [-0.2, -0.15) is 0 Å². The first-order valence-corrected chi connectivity index (χ1v) is 6.64. The van der Waals surface area contributed by atoms with Crippen molar-refractivity contribution in [2.75, 3.05) is 13.6 Å². The first kappa shape index (κ1) is 13.7. The van der Waals surface area contributed by atoms with Gasteiger partial charge in [0.1, 0.15) is 5.78 Å². The number of carbonyl (C=O) groups is 1. The normalized spacial score (nSPS) is 11.4. The van der Waals surface area contributed by atoms with Crippen LogP contribution in [-0.4, -0.2) is 33.8 Å². The zero-order valence-corrected chi connectivity index (χ0v) is 11.9. The summed E-state index contributed by atoms with van der Waals surface area (Å²) in [4.78, 5) is 17.5. The average molecular weight is 259 g/mol. The van der Waals surface area contributed by atoms with E-state index in [2.05, 4.69) is 35.1 Å². The van der Waals surface area contributed by atoms with Gasteiger partial charge in [0.15, 0.2) is 0 Å². The molecule has 0 N–H and O–H groups in total. The Morgan fingerprint density at radius 1 is 1.42 bits per heavy atom. The zero-order chi connectivity index (χ0) is 13.8. The van der Waals surface area contributed by atoms with Gasteiger partial charge in [-0.15, -0.1) is 0 Å². The number of benzene rings is 1. The first-order chi connectivity index (χ1) is 9.06. The molecular weight excluding hydrogens is 238 g/mol. The van der Waals surface area contributed by atoms with Crippen LogP contribution in [0.4, 0.5) is 0 Å². The predicted molar refractivity (Wildman–Crippen MR) is 77.0 cm³/mol. The molecule has 0 saturated carbocycles. The van der Waals surface area contributed by atoms with Gasteiger partial charge in [-0.3, -0.25) is 0 Å². The smallest absolute Gasteiger partial charge is 0.129 e. The Hall–Kier alpha value is -1.68. The Kier molecular flexibility index (Phi) is 4.32. The van der Waals surface area contributed by atoms with E-state index in [1.807, 2.05) is 17.9 Å². The third kappa shape index (κ3) is 3.64. The second-order valence-corrected chi connectivity index (χ2v) is 5.22. The number of imidazole rings is 1. The van der Waals surface area contributed by atoms with Gasteiger partial charge in [0.25, 0.3) is 0 Å². The highest BCUT2D eigenvalue weighted by molar-refractivity contribution is 5.76. The summed E-state index contributed by atoms with van der Waals surface area (Å²) in [5.41, 5.74) is 3.46. The molecular formula is C15H21N3O. The molecule has 0 saturated heterocycles. The summed E-state index contributed by atoms with van der Waals surface area (Å²) in [7, 11) is 4.09. The van der Waals surface area contributed by atoms with E-state index in [1.165, 1.54) is 5.56 Å². The highest BCUT2D eigenvalue weighted by atomic mass is 16.1. The molecule has 0 unspecified atom stereocenters. The molecule has 0 bridgehead atoms. The van der Waals surface area contributed by atoms with Crippen LogP contribution in [0.3, 0.4) is 0 Å². The summed E-state index contributed by atoms with van der Waals surface area (Å²) in [5, 5.41) is 0. The molecule has 4 heteroatoms. The van der Waals surface area contributed by atoms with Crippen LogP contribution in [-0.2, 0) is 18.4 Å². The highest BCUT2D eigenvalue weighted by Gasteiger charge is 2.04. The van der Waals surface area contributed by atoms with E-state index in [4.69, 9.17) is 0 Å². The summed E-state index contributed by atoms with van der Waals surface area (Å²) in [5.74, 6) is 0.267. The Morgan fingerprint density at radius 3 is 2.95 bits per heavy atom. The van der Waals surface area contributed by atoms with Gasteiger partial charge in [0.2, 0.25) is 0 Å². The lowest BCUT2D eigenvalue weighted by Crippen LogP contribution is -2.19. The quantitative estimate of drug-likeness (QED) is 0.799. The minimum Gasteiger partial charge on any atom is -0.334 e. The Labute approximate surface area is 114 Å². The lowest BCUT2D eigenvalue weighted by atomic mass is 10.1. The summed E-state index contributed by atoms with van der Waals surface area (Å²) in [6.07, 6.45) is 3.44. The molecule has 19 heavy (non-hydrogen) atoms. The molecule has 2 rings (SSSR count). The van der Waals surface area contributed by atoms with E-state index >= 15 is 0 Å². The van der Waals surface area contributed by atoms with Crippen LogP contribution in [0.2, 0.25) is 0 Å². The average Bonchev–Trinajstić information content (AvgIpc) is 2.70. The highest BCUT2D eigenvalue weighted by Crippen LogP contribution is 2.15. The van der Waals surface area contributed by atoms with Crippen LogP contribution >= 0.6 is 0 Å². The summed E-state index contributed by atoms with van der Waals surface area (Å²) in [6, 6.07) is 6.39. The maximum Gasteiger partial charge on any atom is 0.129 e. The zero-order valence-electron chi connectivity index (χ0n) is 11.9. The molecule has 0 amide bonds. The number of Topliss-reactive ketones (excluding diaryl/α,β-unsaturated/α-hetero) is 1. The van der Waals surface area contributed by atoms with E-state index < -0.39 is 0 Å². The molecule has 0 aliphatic carbocycles. The molecule has 0 aliphatic rings. The van der Waals surface area contributed by atoms with Gasteiger partial charge in [-0.25, -0.2) is 4.98 Å². The molecule has 0 spiro atoms. The summed E-state index contributed by atoms with van der Waals surface area (Å²) < 4.78 is 2.02. The second kappa shape index (κ2) is 5.97. The van der Waals surface area contributed by atoms with Gasteiger partial charge in [0, 0.05) is 20.0 Å². The van der Waals surface area contributed by atoms with Crippen molar-refractivity contribution in [2.45, 2.75) is 26.3 Å². The van der Waals surface area contributed by atoms with E-state index in [0.717, 1.165) is 30.5 Å². The third-order valence-corrected chi connectivity index (χ3v) is 3.31. The Bertz CT molecular complexity index is 574. The minimum atomic E-state index is 0.267. The van der Waals surface area contributed by atoms with E-state index in [-0.39, 0.29) is 5.78 Å². The number of nitrogens with zero attached hydrogens (tertiary/aromatic N) is 3. The van der Waals surface area contributed by atoms with Crippen molar-refractivity contribution in [2.24, 2.45) is 7.05 Å². The molecule has 1 heterocycles. The molecule has 1 aromatic heterocycles. The maximum absolute atomic E-state index is 10.9. The number of hydrogen-bond donors (Lipinski definition) is 0. The standard InChI is InChI=1S/C15H21N3O/c1-12(19)5-4-8-17(2)10-13-6-7-15-14(9-13)16-11-18(15)3/h6-7,9,11H,4-5,8,10H2,1-3H3. The number of aryl methyl sites for hydroxylation is 1. The number of carbonyl (C=O) groups excluding carboxylic acids is 1. The van der Waals surface area contributed by atoms with Gasteiger partial charge in [-0.05, 0) is 44.6 Å². The number of rotatable bonds is 6. The van der Waals surface area contributed by atoms with Gasteiger partial charge in [-0.1, -0.05) is 6.07 Å². The van der Waals surface area contributed by atoms with E-state index in [1.54, 1.807) is 6.92 Å². The first-order valence-electron chi connectivity index (χ1n) is 6.64. The van der Waals surface area contributed by atoms with Crippen molar-refractivity contribution in [1.29, 1.82) is 0 Å². The molecule has 1 aromatic carbocycles.